The van der Waals surface area contributed by atoms with E-state index in [1.165, 1.54) is 0 Å². The predicted octanol–water partition coefficient (Wildman–Crippen LogP) is 1.66. The van der Waals surface area contributed by atoms with Crippen molar-refractivity contribution < 1.29 is 9.53 Å². The first-order valence-electron chi connectivity index (χ1n) is 3.69. The van der Waals surface area contributed by atoms with Gasteiger partial charge >= 0.3 is 0 Å². The Morgan fingerprint density at radius 1 is 1.80 bits per heavy atom. The summed E-state index contributed by atoms with van der Waals surface area (Å²) in [6.07, 6.45) is 4.19. The molecule has 2 nitrogen and oxygen atoms in total. The third kappa shape index (κ3) is 1.87. The van der Waals surface area contributed by atoms with Crippen LogP contribution in [0, 0.1) is 0 Å². The number of hydrogen-bond donors (Lipinski definition) is 0. The predicted molar refractivity (Wildman–Crippen MR) is 38.6 cm³/mol. The Labute approximate surface area is 60.9 Å². The molecule has 0 radical (unpaired) electrons. The topological polar surface area (TPSA) is 26.3 Å². The molecule has 0 spiro atoms. The van der Waals surface area contributed by atoms with Crippen LogP contribution in [0.1, 0.15) is 26.2 Å². The molecule has 0 bridgehead atoms. The SMILES string of the molecule is CCC(=O)C=C1CCCO1. The molecule has 10 heavy (non-hydrogen) atoms. The van der Waals surface area contributed by atoms with Crippen LogP contribution in [0.3, 0.4) is 0 Å². The molecule has 0 aromatic heterocycles. The van der Waals surface area contributed by atoms with Gasteiger partial charge in [0, 0.05) is 18.9 Å². The highest BCUT2D eigenvalue weighted by atomic mass is 16.5. The number of ether oxygens (including phenoxy) is 1. The summed E-state index contributed by atoms with van der Waals surface area (Å²) in [6, 6.07) is 0. The maximum Gasteiger partial charge on any atom is 0.158 e. The van der Waals surface area contributed by atoms with Crippen LogP contribution >= 0.6 is 0 Å². The minimum atomic E-state index is 0.164. The Kier molecular flexibility index (Phi) is 2.49. The number of rotatable bonds is 2. The van der Waals surface area contributed by atoms with Crippen LogP contribution in [0.2, 0.25) is 0 Å². The van der Waals surface area contributed by atoms with Crippen molar-refractivity contribution in [3.63, 3.8) is 0 Å². The molecular weight excluding hydrogens is 128 g/mol. The zero-order chi connectivity index (χ0) is 7.40. The molecule has 1 aliphatic heterocycles. The van der Waals surface area contributed by atoms with Gasteiger partial charge in [-0.25, -0.2) is 0 Å². The molecule has 1 rings (SSSR count). The van der Waals surface area contributed by atoms with E-state index in [4.69, 9.17) is 4.74 Å². The minimum Gasteiger partial charge on any atom is -0.498 e. The zero-order valence-corrected chi connectivity index (χ0v) is 6.22. The van der Waals surface area contributed by atoms with Gasteiger partial charge in [0.25, 0.3) is 0 Å². The fraction of sp³-hybridized carbons (Fsp3) is 0.625. The lowest BCUT2D eigenvalue weighted by molar-refractivity contribution is -0.114. The summed E-state index contributed by atoms with van der Waals surface area (Å²) in [6.45, 7) is 2.64. The van der Waals surface area contributed by atoms with Gasteiger partial charge in [-0.15, -0.1) is 0 Å². The molecule has 1 aliphatic rings. The second-order valence-corrected chi connectivity index (χ2v) is 2.38. The number of ketones is 1. The molecule has 0 aliphatic carbocycles. The van der Waals surface area contributed by atoms with E-state index in [0.29, 0.717) is 6.42 Å². The number of carbonyl (C=O) groups is 1. The molecule has 0 unspecified atom stereocenters. The maximum atomic E-state index is 10.8. The largest absolute Gasteiger partial charge is 0.498 e. The summed E-state index contributed by atoms with van der Waals surface area (Å²) < 4.78 is 5.17. The first kappa shape index (κ1) is 7.32. The van der Waals surface area contributed by atoms with E-state index < -0.39 is 0 Å². The average Bonchev–Trinajstić information content (AvgIpc) is 2.40. The molecule has 0 atom stereocenters. The summed E-state index contributed by atoms with van der Waals surface area (Å²) in [5, 5.41) is 0. The Bertz CT molecular complexity index is 151. The lowest BCUT2D eigenvalue weighted by atomic mass is 10.2. The fourth-order valence-electron chi connectivity index (χ4n) is 0.917. The molecule has 1 fully saturated rings. The summed E-state index contributed by atoms with van der Waals surface area (Å²) >= 11 is 0. The first-order chi connectivity index (χ1) is 4.83. The second kappa shape index (κ2) is 3.40. The molecule has 0 saturated carbocycles. The van der Waals surface area contributed by atoms with Crippen molar-refractivity contribution in [2.45, 2.75) is 26.2 Å². The van der Waals surface area contributed by atoms with Gasteiger partial charge in [0.1, 0.15) is 0 Å². The van der Waals surface area contributed by atoms with E-state index in [0.717, 1.165) is 25.2 Å². The van der Waals surface area contributed by atoms with Crippen molar-refractivity contribution >= 4 is 5.78 Å². The van der Waals surface area contributed by atoms with Gasteiger partial charge in [0.05, 0.1) is 12.4 Å². The quantitative estimate of drug-likeness (QED) is 0.545. The van der Waals surface area contributed by atoms with E-state index >= 15 is 0 Å². The van der Waals surface area contributed by atoms with Gasteiger partial charge in [-0.05, 0) is 6.42 Å². The summed E-state index contributed by atoms with van der Waals surface area (Å²) in [4.78, 5) is 10.8. The molecule has 56 valence electrons. The van der Waals surface area contributed by atoms with E-state index in [-0.39, 0.29) is 5.78 Å². The number of carbonyl (C=O) groups excluding carboxylic acids is 1. The van der Waals surface area contributed by atoms with Gasteiger partial charge in [0.2, 0.25) is 0 Å². The molecule has 2 heteroatoms. The molecule has 0 aromatic carbocycles. The van der Waals surface area contributed by atoms with Crippen molar-refractivity contribution in [3.8, 4) is 0 Å². The molecule has 0 amide bonds. The number of allylic oxidation sites excluding steroid dienone is 2. The normalized spacial score (nSPS) is 21.1. The van der Waals surface area contributed by atoms with Crippen molar-refractivity contribution in [3.05, 3.63) is 11.8 Å². The van der Waals surface area contributed by atoms with Crippen LogP contribution in [0.5, 0.6) is 0 Å². The molecule has 0 aromatic rings. The van der Waals surface area contributed by atoms with Crippen LogP contribution in [0.15, 0.2) is 11.8 Å². The molecule has 1 saturated heterocycles. The molecular formula is C8H12O2. The zero-order valence-electron chi connectivity index (χ0n) is 6.22. The highest BCUT2D eigenvalue weighted by Gasteiger charge is 2.07. The average molecular weight is 140 g/mol. The third-order valence-electron chi connectivity index (χ3n) is 1.53. The Hall–Kier alpha value is -0.790. The van der Waals surface area contributed by atoms with Crippen molar-refractivity contribution in [2.24, 2.45) is 0 Å². The van der Waals surface area contributed by atoms with Gasteiger partial charge in [-0.1, -0.05) is 6.92 Å². The van der Waals surface area contributed by atoms with E-state index in [1.807, 2.05) is 6.92 Å². The van der Waals surface area contributed by atoms with Crippen molar-refractivity contribution in [1.29, 1.82) is 0 Å². The highest BCUT2D eigenvalue weighted by molar-refractivity contribution is 5.89. The van der Waals surface area contributed by atoms with Crippen LogP contribution in [0.4, 0.5) is 0 Å². The van der Waals surface area contributed by atoms with Crippen LogP contribution < -0.4 is 0 Å². The highest BCUT2D eigenvalue weighted by Crippen LogP contribution is 2.15. The van der Waals surface area contributed by atoms with E-state index in [9.17, 15) is 4.79 Å². The monoisotopic (exact) mass is 140 g/mol. The van der Waals surface area contributed by atoms with Crippen molar-refractivity contribution in [1.82, 2.24) is 0 Å². The van der Waals surface area contributed by atoms with Gasteiger partial charge in [0.15, 0.2) is 5.78 Å². The van der Waals surface area contributed by atoms with Gasteiger partial charge in [-0.3, -0.25) is 4.79 Å². The van der Waals surface area contributed by atoms with E-state index in [2.05, 4.69) is 0 Å². The molecule has 0 N–H and O–H groups in total. The third-order valence-corrected chi connectivity index (χ3v) is 1.53. The van der Waals surface area contributed by atoms with Gasteiger partial charge < -0.3 is 4.74 Å². The van der Waals surface area contributed by atoms with Crippen LogP contribution in [-0.4, -0.2) is 12.4 Å². The summed E-state index contributed by atoms with van der Waals surface area (Å²) in [7, 11) is 0. The minimum absolute atomic E-state index is 0.164. The number of hydrogen-bond acceptors (Lipinski definition) is 2. The first-order valence-corrected chi connectivity index (χ1v) is 3.69. The standard InChI is InChI=1S/C8H12O2/c1-2-7(9)6-8-4-3-5-10-8/h6H,2-5H2,1H3. The lowest BCUT2D eigenvalue weighted by Crippen LogP contribution is -1.91. The van der Waals surface area contributed by atoms with Gasteiger partial charge in [-0.2, -0.15) is 0 Å². The van der Waals surface area contributed by atoms with Crippen molar-refractivity contribution in [2.75, 3.05) is 6.61 Å². The Morgan fingerprint density at radius 3 is 3.10 bits per heavy atom. The summed E-state index contributed by atoms with van der Waals surface area (Å²) in [5.74, 6) is 1.03. The van der Waals surface area contributed by atoms with Crippen LogP contribution in [0.25, 0.3) is 0 Å². The lowest BCUT2D eigenvalue weighted by Gasteiger charge is -1.94. The van der Waals surface area contributed by atoms with Crippen LogP contribution in [-0.2, 0) is 9.53 Å². The summed E-state index contributed by atoms with van der Waals surface area (Å²) in [5.41, 5.74) is 0. The smallest absolute Gasteiger partial charge is 0.158 e. The van der Waals surface area contributed by atoms with E-state index in [1.54, 1.807) is 6.08 Å². The second-order valence-electron chi connectivity index (χ2n) is 2.38. The maximum absolute atomic E-state index is 10.8. The fourth-order valence-corrected chi connectivity index (χ4v) is 0.917. The molecule has 1 heterocycles. The Balaban J connectivity index is 2.45. The Morgan fingerprint density at radius 2 is 2.60 bits per heavy atom.